The van der Waals surface area contributed by atoms with E-state index < -0.39 is 0 Å². The second-order valence-electron chi connectivity index (χ2n) is 8.44. The van der Waals surface area contributed by atoms with Crippen molar-refractivity contribution in [3.05, 3.63) is 70.8 Å². The van der Waals surface area contributed by atoms with E-state index in [1.54, 1.807) is 12.1 Å². The van der Waals surface area contributed by atoms with Gasteiger partial charge in [0.1, 0.15) is 6.10 Å². The Morgan fingerprint density at radius 2 is 1.90 bits per heavy atom. The van der Waals surface area contributed by atoms with Crippen LogP contribution in [0.4, 0.5) is 0 Å². The van der Waals surface area contributed by atoms with E-state index >= 15 is 0 Å². The van der Waals surface area contributed by atoms with Crippen LogP contribution in [0.3, 0.4) is 0 Å². The maximum Gasteiger partial charge on any atom is 0.339 e. The lowest BCUT2D eigenvalue weighted by molar-refractivity contribution is 0.0252. The van der Waals surface area contributed by atoms with E-state index in [1.165, 1.54) is 0 Å². The summed E-state index contributed by atoms with van der Waals surface area (Å²) in [5.41, 5.74) is 2.94. The van der Waals surface area contributed by atoms with Crippen LogP contribution < -0.4 is 5.32 Å². The van der Waals surface area contributed by atoms with Gasteiger partial charge in [-0.3, -0.25) is 4.79 Å². The van der Waals surface area contributed by atoms with Crippen LogP contribution in [0.5, 0.6) is 0 Å². The number of benzene rings is 2. The van der Waals surface area contributed by atoms with Gasteiger partial charge in [0, 0.05) is 24.6 Å². The smallest absolute Gasteiger partial charge is 0.339 e. The summed E-state index contributed by atoms with van der Waals surface area (Å²) < 4.78 is 5.61. The Balaban J connectivity index is 1.78. The molecule has 1 aliphatic heterocycles. The Morgan fingerprint density at radius 1 is 1.17 bits per heavy atom. The molecule has 0 aliphatic carbocycles. The van der Waals surface area contributed by atoms with Gasteiger partial charge in [0.2, 0.25) is 0 Å². The van der Waals surface area contributed by atoms with Gasteiger partial charge in [-0.1, -0.05) is 44.2 Å². The number of carbonyl (C=O) groups is 2. The van der Waals surface area contributed by atoms with Gasteiger partial charge < -0.3 is 15.0 Å². The number of ether oxygens (including phenoxy) is 1. The number of nitrogens with zero attached hydrogens (tertiary/aromatic N) is 1. The second kappa shape index (κ2) is 9.23. The molecule has 1 heterocycles. The molecular weight excluding hydrogens is 364 g/mol. The molecule has 0 radical (unpaired) electrons. The monoisotopic (exact) mass is 394 g/mol. The van der Waals surface area contributed by atoms with Gasteiger partial charge in [-0.05, 0) is 55.8 Å². The number of amides is 1. The third-order valence-corrected chi connectivity index (χ3v) is 5.09. The Kier molecular flexibility index (Phi) is 6.70. The zero-order valence-corrected chi connectivity index (χ0v) is 17.6. The Bertz CT molecular complexity index is 852. The standard InChI is InChI=1S/C24H30N2O3/c1-16(2)12-20(15-26(3)4)25-23(27)18-10-11-21-19(13-18)14-22(29-24(21)28)17-8-6-5-7-9-17/h5-11,13,16,20,22H,12,14-15H2,1-4H3,(H,25,27). The number of carbonyl (C=O) groups excluding carboxylic acids is 2. The molecule has 0 spiro atoms. The van der Waals surface area contributed by atoms with Crippen LogP contribution in [0.25, 0.3) is 0 Å². The summed E-state index contributed by atoms with van der Waals surface area (Å²) in [5, 5.41) is 3.16. The van der Waals surface area contributed by atoms with Gasteiger partial charge >= 0.3 is 5.97 Å². The lowest BCUT2D eigenvalue weighted by atomic mass is 9.93. The van der Waals surface area contributed by atoms with Crippen molar-refractivity contribution in [3.8, 4) is 0 Å². The minimum atomic E-state index is -0.336. The summed E-state index contributed by atoms with van der Waals surface area (Å²) >= 11 is 0. The summed E-state index contributed by atoms with van der Waals surface area (Å²) in [4.78, 5) is 27.4. The lowest BCUT2D eigenvalue weighted by Gasteiger charge is -2.26. The molecule has 2 atom stereocenters. The van der Waals surface area contributed by atoms with Crippen molar-refractivity contribution in [2.24, 2.45) is 5.92 Å². The van der Waals surface area contributed by atoms with Crippen LogP contribution in [-0.4, -0.2) is 43.5 Å². The van der Waals surface area contributed by atoms with Crippen LogP contribution in [0.2, 0.25) is 0 Å². The van der Waals surface area contributed by atoms with Crippen molar-refractivity contribution in [2.75, 3.05) is 20.6 Å². The van der Waals surface area contributed by atoms with E-state index in [0.717, 1.165) is 24.1 Å². The molecule has 2 aromatic rings. The van der Waals surface area contributed by atoms with E-state index in [4.69, 9.17) is 4.74 Å². The largest absolute Gasteiger partial charge is 0.454 e. The molecule has 1 N–H and O–H groups in total. The minimum Gasteiger partial charge on any atom is -0.454 e. The fourth-order valence-electron chi connectivity index (χ4n) is 3.85. The number of hydrogen-bond acceptors (Lipinski definition) is 4. The molecule has 1 amide bonds. The quantitative estimate of drug-likeness (QED) is 0.725. The Morgan fingerprint density at radius 3 is 2.55 bits per heavy atom. The van der Waals surface area contributed by atoms with Crippen LogP contribution >= 0.6 is 0 Å². The highest BCUT2D eigenvalue weighted by molar-refractivity contribution is 5.98. The number of fused-ring (bicyclic) bond motifs is 1. The van der Waals surface area contributed by atoms with Crippen LogP contribution in [-0.2, 0) is 11.2 Å². The van der Waals surface area contributed by atoms with E-state index in [1.807, 2.05) is 50.5 Å². The van der Waals surface area contributed by atoms with E-state index in [0.29, 0.717) is 23.5 Å². The zero-order chi connectivity index (χ0) is 21.0. The van der Waals surface area contributed by atoms with Gasteiger partial charge in [-0.25, -0.2) is 4.79 Å². The Hall–Kier alpha value is -2.66. The number of nitrogens with one attached hydrogen (secondary N) is 1. The molecule has 3 rings (SSSR count). The summed E-state index contributed by atoms with van der Waals surface area (Å²) in [6, 6.07) is 15.0. The predicted molar refractivity (Wildman–Crippen MR) is 114 cm³/mol. The van der Waals surface area contributed by atoms with Crippen molar-refractivity contribution >= 4 is 11.9 Å². The molecule has 0 saturated carbocycles. The predicted octanol–water partition coefficient (Wildman–Crippen LogP) is 3.85. The van der Waals surface area contributed by atoms with Gasteiger partial charge in [0.15, 0.2) is 0 Å². The molecule has 0 bridgehead atoms. The zero-order valence-electron chi connectivity index (χ0n) is 17.6. The van der Waals surface area contributed by atoms with Crippen LogP contribution in [0.1, 0.15) is 58.2 Å². The van der Waals surface area contributed by atoms with Crippen LogP contribution in [0.15, 0.2) is 48.5 Å². The number of cyclic esters (lactones) is 1. The molecule has 2 aromatic carbocycles. The summed E-state index contributed by atoms with van der Waals surface area (Å²) in [5.74, 6) is 0.0537. The number of hydrogen-bond donors (Lipinski definition) is 1. The normalized spacial score (nSPS) is 17.0. The molecule has 0 fully saturated rings. The number of rotatable bonds is 7. The molecule has 5 nitrogen and oxygen atoms in total. The SMILES string of the molecule is CC(C)CC(CN(C)C)NC(=O)c1ccc2c(c1)CC(c1ccccc1)OC2=O. The molecule has 1 aliphatic rings. The third-order valence-electron chi connectivity index (χ3n) is 5.09. The molecule has 2 unspecified atom stereocenters. The van der Waals surface area contributed by atoms with E-state index in [-0.39, 0.29) is 24.0 Å². The minimum absolute atomic E-state index is 0.0792. The first-order valence-electron chi connectivity index (χ1n) is 10.2. The van der Waals surface area contributed by atoms with Crippen LogP contribution in [0, 0.1) is 5.92 Å². The fraction of sp³-hybridized carbons (Fsp3) is 0.417. The van der Waals surface area contributed by atoms with E-state index in [2.05, 4.69) is 24.1 Å². The van der Waals surface area contributed by atoms with Crippen molar-refractivity contribution in [3.63, 3.8) is 0 Å². The van der Waals surface area contributed by atoms with Gasteiger partial charge in [0.25, 0.3) is 5.91 Å². The summed E-state index contributed by atoms with van der Waals surface area (Å²) in [6.07, 6.45) is 1.16. The molecular formula is C24H30N2O3. The molecule has 29 heavy (non-hydrogen) atoms. The van der Waals surface area contributed by atoms with E-state index in [9.17, 15) is 9.59 Å². The molecule has 0 aromatic heterocycles. The molecule has 5 heteroatoms. The number of esters is 1. The third kappa shape index (κ3) is 5.45. The fourth-order valence-corrected chi connectivity index (χ4v) is 3.85. The first-order chi connectivity index (χ1) is 13.8. The Labute approximate surface area is 173 Å². The van der Waals surface area contributed by atoms with Crippen molar-refractivity contribution in [1.82, 2.24) is 10.2 Å². The van der Waals surface area contributed by atoms with Crippen molar-refractivity contribution < 1.29 is 14.3 Å². The first kappa shape index (κ1) is 21.1. The number of likely N-dealkylation sites (N-methyl/N-ethyl adjacent to an activating group) is 1. The highest BCUT2D eigenvalue weighted by atomic mass is 16.5. The first-order valence-corrected chi connectivity index (χ1v) is 10.2. The average molecular weight is 395 g/mol. The van der Waals surface area contributed by atoms with Gasteiger partial charge in [0.05, 0.1) is 5.56 Å². The molecule has 154 valence electrons. The molecule has 0 saturated heterocycles. The highest BCUT2D eigenvalue weighted by Gasteiger charge is 2.28. The van der Waals surface area contributed by atoms with Crippen molar-refractivity contribution in [1.29, 1.82) is 0 Å². The average Bonchev–Trinajstić information content (AvgIpc) is 2.67. The lowest BCUT2D eigenvalue weighted by Crippen LogP contribution is -2.42. The van der Waals surface area contributed by atoms with Gasteiger partial charge in [-0.15, -0.1) is 0 Å². The second-order valence-corrected chi connectivity index (χ2v) is 8.44. The van der Waals surface area contributed by atoms with Crippen molar-refractivity contribution in [2.45, 2.75) is 38.8 Å². The summed E-state index contributed by atoms with van der Waals surface area (Å²) in [7, 11) is 4.02. The maximum absolute atomic E-state index is 12.9. The maximum atomic E-state index is 12.9. The highest BCUT2D eigenvalue weighted by Crippen LogP contribution is 2.31. The topological polar surface area (TPSA) is 58.6 Å². The summed E-state index contributed by atoms with van der Waals surface area (Å²) in [6.45, 7) is 5.10. The van der Waals surface area contributed by atoms with Gasteiger partial charge in [-0.2, -0.15) is 0 Å².